The fourth-order valence-corrected chi connectivity index (χ4v) is 2.05. The molecule has 0 saturated heterocycles. The summed E-state index contributed by atoms with van der Waals surface area (Å²) in [7, 11) is 0. The van der Waals surface area contributed by atoms with Gasteiger partial charge in [0.2, 0.25) is 0 Å². The SMILES string of the molecule is CCCNCCCOc1cc(C)ccc1C(C)(C)C. The molecule has 0 atom stereocenters. The van der Waals surface area contributed by atoms with Crippen molar-refractivity contribution in [3.63, 3.8) is 0 Å². The third kappa shape index (κ3) is 5.65. The number of rotatable bonds is 7. The van der Waals surface area contributed by atoms with Gasteiger partial charge in [0.15, 0.2) is 0 Å². The summed E-state index contributed by atoms with van der Waals surface area (Å²) in [6.07, 6.45) is 2.24. The molecule has 0 aliphatic carbocycles. The first kappa shape index (κ1) is 16.0. The van der Waals surface area contributed by atoms with E-state index < -0.39 is 0 Å². The molecule has 0 aromatic heterocycles. The van der Waals surface area contributed by atoms with Crippen LogP contribution in [0.15, 0.2) is 18.2 Å². The Hall–Kier alpha value is -1.02. The lowest BCUT2D eigenvalue weighted by Gasteiger charge is -2.23. The van der Waals surface area contributed by atoms with Crippen molar-refractivity contribution in [1.29, 1.82) is 0 Å². The maximum absolute atomic E-state index is 5.98. The lowest BCUT2D eigenvalue weighted by atomic mass is 9.86. The zero-order valence-corrected chi connectivity index (χ0v) is 13.2. The smallest absolute Gasteiger partial charge is 0.123 e. The quantitative estimate of drug-likeness (QED) is 0.749. The molecule has 0 radical (unpaired) electrons. The minimum absolute atomic E-state index is 0.128. The summed E-state index contributed by atoms with van der Waals surface area (Å²) in [4.78, 5) is 0. The second-order valence-corrected chi connectivity index (χ2v) is 6.20. The van der Waals surface area contributed by atoms with Gasteiger partial charge in [0.25, 0.3) is 0 Å². The Balaban J connectivity index is 2.54. The van der Waals surface area contributed by atoms with Crippen LogP contribution in [-0.2, 0) is 5.41 Å². The lowest BCUT2D eigenvalue weighted by Crippen LogP contribution is -2.19. The Morgan fingerprint density at radius 3 is 2.53 bits per heavy atom. The summed E-state index contributed by atoms with van der Waals surface area (Å²) in [6.45, 7) is 13.9. The standard InChI is InChI=1S/C17H29NO/c1-6-10-18-11-7-12-19-16-13-14(2)8-9-15(16)17(3,4)5/h8-9,13,18H,6-7,10-12H2,1-5H3. The lowest BCUT2D eigenvalue weighted by molar-refractivity contribution is 0.300. The molecule has 0 unspecified atom stereocenters. The summed E-state index contributed by atoms with van der Waals surface area (Å²) in [5, 5.41) is 3.40. The maximum atomic E-state index is 5.98. The molecule has 1 aromatic carbocycles. The van der Waals surface area contributed by atoms with Crippen molar-refractivity contribution < 1.29 is 4.74 Å². The Morgan fingerprint density at radius 2 is 1.89 bits per heavy atom. The number of benzene rings is 1. The number of nitrogens with one attached hydrogen (secondary N) is 1. The molecule has 1 rings (SSSR count). The van der Waals surface area contributed by atoms with E-state index in [1.54, 1.807) is 0 Å². The molecular formula is C17H29NO. The number of hydrogen-bond acceptors (Lipinski definition) is 2. The fraction of sp³-hybridized carbons (Fsp3) is 0.647. The first-order chi connectivity index (χ1) is 8.95. The van der Waals surface area contributed by atoms with Crippen molar-refractivity contribution in [3.05, 3.63) is 29.3 Å². The Morgan fingerprint density at radius 1 is 1.16 bits per heavy atom. The first-order valence-corrected chi connectivity index (χ1v) is 7.40. The molecule has 0 fully saturated rings. The van der Waals surface area contributed by atoms with E-state index in [4.69, 9.17) is 4.74 Å². The van der Waals surface area contributed by atoms with Crippen LogP contribution in [-0.4, -0.2) is 19.7 Å². The van der Waals surface area contributed by atoms with E-state index in [1.165, 1.54) is 17.5 Å². The predicted octanol–water partition coefficient (Wildman–Crippen LogP) is 4.06. The molecule has 0 amide bonds. The molecule has 108 valence electrons. The highest BCUT2D eigenvalue weighted by Crippen LogP contribution is 2.32. The molecule has 0 aliphatic rings. The van der Waals surface area contributed by atoms with Crippen molar-refractivity contribution in [2.75, 3.05) is 19.7 Å². The number of ether oxygens (including phenoxy) is 1. The highest BCUT2D eigenvalue weighted by molar-refractivity contribution is 5.41. The van der Waals surface area contributed by atoms with Crippen molar-refractivity contribution >= 4 is 0 Å². The molecule has 0 bridgehead atoms. The van der Waals surface area contributed by atoms with Crippen molar-refractivity contribution in [3.8, 4) is 5.75 Å². The van der Waals surface area contributed by atoms with Gasteiger partial charge in [-0.15, -0.1) is 0 Å². The van der Waals surface area contributed by atoms with Crippen LogP contribution >= 0.6 is 0 Å². The van der Waals surface area contributed by atoms with Crippen LogP contribution in [0, 0.1) is 6.92 Å². The van der Waals surface area contributed by atoms with E-state index in [2.05, 4.69) is 58.1 Å². The average Bonchev–Trinajstić information content (AvgIpc) is 2.32. The van der Waals surface area contributed by atoms with Gasteiger partial charge in [-0.25, -0.2) is 0 Å². The maximum Gasteiger partial charge on any atom is 0.123 e. The van der Waals surface area contributed by atoms with Crippen LogP contribution in [0.1, 0.15) is 51.7 Å². The Labute approximate surface area is 118 Å². The minimum atomic E-state index is 0.128. The molecule has 1 aromatic rings. The van der Waals surface area contributed by atoms with Gasteiger partial charge in [-0.05, 0) is 55.5 Å². The van der Waals surface area contributed by atoms with Crippen LogP contribution in [0.3, 0.4) is 0 Å². The van der Waals surface area contributed by atoms with E-state index >= 15 is 0 Å². The minimum Gasteiger partial charge on any atom is -0.493 e. The molecular weight excluding hydrogens is 234 g/mol. The molecule has 0 heterocycles. The Bertz CT molecular complexity index is 379. The van der Waals surface area contributed by atoms with E-state index in [-0.39, 0.29) is 5.41 Å². The zero-order chi connectivity index (χ0) is 14.3. The summed E-state index contributed by atoms with van der Waals surface area (Å²) >= 11 is 0. The first-order valence-electron chi connectivity index (χ1n) is 7.40. The topological polar surface area (TPSA) is 21.3 Å². The molecule has 1 N–H and O–H groups in total. The second kappa shape index (κ2) is 7.54. The van der Waals surface area contributed by atoms with E-state index in [9.17, 15) is 0 Å². The molecule has 19 heavy (non-hydrogen) atoms. The van der Waals surface area contributed by atoms with Gasteiger partial charge in [-0.1, -0.05) is 39.8 Å². The van der Waals surface area contributed by atoms with Crippen LogP contribution < -0.4 is 10.1 Å². The molecule has 0 aliphatic heterocycles. The van der Waals surface area contributed by atoms with Crippen molar-refractivity contribution in [1.82, 2.24) is 5.32 Å². The van der Waals surface area contributed by atoms with Gasteiger partial charge in [0, 0.05) is 0 Å². The van der Waals surface area contributed by atoms with Gasteiger partial charge in [-0.3, -0.25) is 0 Å². The Kier molecular flexibility index (Phi) is 6.36. The zero-order valence-electron chi connectivity index (χ0n) is 13.2. The average molecular weight is 263 g/mol. The van der Waals surface area contributed by atoms with E-state index in [0.29, 0.717) is 0 Å². The highest BCUT2D eigenvalue weighted by atomic mass is 16.5. The fourth-order valence-electron chi connectivity index (χ4n) is 2.05. The van der Waals surface area contributed by atoms with Gasteiger partial charge in [0.1, 0.15) is 5.75 Å². The summed E-state index contributed by atoms with van der Waals surface area (Å²) < 4.78 is 5.98. The normalized spacial score (nSPS) is 11.6. The molecule has 0 spiro atoms. The van der Waals surface area contributed by atoms with Crippen LogP contribution in [0.5, 0.6) is 5.75 Å². The van der Waals surface area contributed by atoms with E-state index in [1.807, 2.05) is 0 Å². The van der Waals surface area contributed by atoms with Crippen molar-refractivity contribution in [2.45, 2.75) is 52.9 Å². The summed E-state index contributed by atoms with van der Waals surface area (Å²) in [5.41, 5.74) is 2.68. The third-order valence-electron chi connectivity index (χ3n) is 3.13. The van der Waals surface area contributed by atoms with Crippen molar-refractivity contribution in [2.24, 2.45) is 0 Å². The largest absolute Gasteiger partial charge is 0.493 e. The molecule has 2 nitrogen and oxygen atoms in total. The monoisotopic (exact) mass is 263 g/mol. The number of aryl methyl sites for hydroxylation is 1. The van der Waals surface area contributed by atoms with Crippen LogP contribution in [0.4, 0.5) is 0 Å². The third-order valence-corrected chi connectivity index (χ3v) is 3.13. The van der Waals surface area contributed by atoms with Crippen LogP contribution in [0.25, 0.3) is 0 Å². The predicted molar refractivity (Wildman–Crippen MR) is 83.2 cm³/mol. The summed E-state index contributed by atoms with van der Waals surface area (Å²) in [6, 6.07) is 6.51. The summed E-state index contributed by atoms with van der Waals surface area (Å²) in [5.74, 6) is 1.04. The molecule has 2 heteroatoms. The van der Waals surface area contributed by atoms with Gasteiger partial charge in [0.05, 0.1) is 6.61 Å². The molecule has 0 saturated carbocycles. The van der Waals surface area contributed by atoms with Gasteiger partial charge in [-0.2, -0.15) is 0 Å². The highest BCUT2D eigenvalue weighted by Gasteiger charge is 2.18. The second-order valence-electron chi connectivity index (χ2n) is 6.20. The number of hydrogen-bond donors (Lipinski definition) is 1. The van der Waals surface area contributed by atoms with Gasteiger partial charge >= 0.3 is 0 Å². The van der Waals surface area contributed by atoms with Gasteiger partial charge < -0.3 is 10.1 Å². The van der Waals surface area contributed by atoms with Crippen LogP contribution in [0.2, 0.25) is 0 Å². The van der Waals surface area contributed by atoms with E-state index in [0.717, 1.165) is 31.9 Å².